The number of allylic oxidation sites excluding steroid dienone is 6. The van der Waals surface area contributed by atoms with Crippen LogP contribution in [0, 0.1) is 0 Å². The van der Waals surface area contributed by atoms with Gasteiger partial charge in [-0.2, -0.15) is 0 Å². The molecule has 0 unspecified atom stereocenters. The molecule has 0 aliphatic carbocycles. The minimum absolute atomic E-state index is 1.03. The summed E-state index contributed by atoms with van der Waals surface area (Å²) in [5.74, 6) is 0. The Bertz CT molecular complexity index is 1010. The summed E-state index contributed by atoms with van der Waals surface area (Å²) >= 11 is 3.51. The minimum atomic E-state index is 1.03. The van der Waals surface area contributed by atoms with Gasteiger partial charge in [0.25, 0.3) is 0 Å². The summed E-state index contributed by atoms with van der Waals surface area (Å²) in [6.45, 7) is 0. The predicted molar refractivity (Wildman–Crippen MR) is 116 cm³/mol. The summed E-state index contributed by atoms with van der Waals surface area (Å²) in [5, 5.41) is 2.27. The van der Waals surface area contributed by atoms with E-state index in [2.05, 4.69) is 59.4 Å². The Kier molecular flexibility index (Phi) is 5.04. The van der Waals surface area contributed by atoms with Crippen molar-refractivity contribution in [2.24, 2.45) is 0 Å². The summed E-state index contributed by atoms with van der Waals surface area (Å²) in [5.41, 5.74) is 2.33. The minimum Gasteiger partial charge on any atom is -0.338 e. The molecule has 4 rings (SSSR count). The molecule has 1 aliphatic rings. The first-order chi connectivity index (χ1) is 12.8. The van der Waals surface area contributed by atoms with Crippen LogP contribution in [0.15, 0.2) is 94.9 Å². The number of hydrogen-bond donors (Lipinski definition) is 0. The van der Waals surface area contributed by atoms with Crippen molar-refractivity contribution in [1.82, 2.24) is 4.98 Å². The van der Waals surface area contributed by atoms with Crippen LogP contribution in [-0.2, 0) is 0 Å². The number of benzene rings is 2. The van der Waals surface area contributed by atoms with Crippen LogP contribution in [0.3, 0.4) is 0 Å². The third-order valence-corrected chi connectivity index (χ3v) is 6.19. The fraction of sp³-hybridized carbons (Fsp3) is 0.0455. The van der Waals surface area contributed by atoms with E-state index in [-0.39, 0.29) is 0 Å². The Hall–Kier alpha value is -2.56. The lowest BCUT2D eigenvalue weighted by molar-refractivity contribution is 1.17. The number of fused-ring (bicyclic) bond motifs is 2. The third-order valence-electron chi connectivity index (χ3n) is 4.00. The van der Waals surface area contributed by atoms with Crippen LogP contribution in [-0.4, -0.2) is 12.0 Å². The lowest BCUT2D eigenvalue weighted by Gasteiger charge is -2.12. The summed E-state index contributed by atoms with van der Waals surface area (Å²) < 4.78 is 1.22. The molecule has 0 radical (unpaired) electrons. The van der Waals surface area contributed by atoms with Crippen LogP contribution in [0.25, 0.3) is 16.3 Å². The molecule has 26 heavy (non-hydrogen) atoms. The summed E-state index contributed by atoms with van der Waals surface area (Å²) in [6.07, 6.45) is 14.4. The Morgan fingerprint density at radius 3 is 2.54 bits per heavy atom. The van der Waals surface area contributed by atoms with Crippen molar-refractivity contribution >= 4 is 45.1 Å². The zero-order chi connectivity index (χ0) is 17.8. The highest BCUT2D eigenvalue weighted by molar-refractivity contribution is 8.03. The first-order valence-corrected chi connectivity index (χ1v) is 10.0. The second kappa shape index (κ2) is 7.77. The van der Waals surface area contributed by atoms with Gasteiger partial charge in [0.2, 0.25) is 0 Å². The number of para-hydroxylation sites is 2. The van der Waals surface area contributed by atoms with Gasteiger partial charge in [0.15, 0.2) is 0 Å². The van der Waals surface area contributed by atoms with Crippen LogP contribution < -0.4 is 4.90 Å². The standard InChI is InChI=1S/C22H18N2S2/c1-24-18-12-8-10-14-20(18)26-22(24)16-6-4-2-3-5-15-21-23-17-11-7-9-13-19(17)25-21/h2-16H,1H3/b3-2+,6-4+,15-5+,22-16-. The van der Waals surface area contributed by atoms with Gasteiger partial charge in [-0.3, -0.25) is 0 Å². The van der Waals surface area contributed by atoms with Gasteiger partial charge < -0.3 is 4.90 Å². The highest BCUT2D eigenvalue weighted by Gasteiger charge is 2.20. The SMILES string of the molecule is CN1/C(=C/C=C/C=C/C=C/c2nc3ccccc3s2)Sc2ccccc21. The molecule has 0 N–H and O–H groups in total. The molecular weight excluding hydrogens is 356 g/mol. The smallest absolute Gasteiger partial charge is 0.117 e. The molecule has 1 aliphatic heterocycles. The summed E-state index contributed by atoms with van der Waals surface area (Å²) in [4.78, 5) is 8.12. The van der Waals surface area contributed by atoms with Crippen LogP contribution >= 0.6 is 23.1 Å². The largest absolute Gasteiger partial charge is 0.338 e. The van der Waals surface area contributed by atoms with Crippen molar-refractivity contribution in [3.8, 4) is 0 Å². The maximum atomic E-state index is 4.59. The van der Waals surface area contributed by atoms with Crippen molar-refractivity contribution in [3.63, 3.8) is 0 Å². The molecule has 0 saturated carbocycles. The molecule has 4 heteroatoms. The van der Waals surface area contributed by atoms with E-state index in [0.29, 0.717) is 0 Å². The first kappa shape index (κ1) is 16.9. The normalized spacial score (nSPS) is 16.0. The van der Waals surface area contributed by atoms with Gasteiger partial charge in [0.05, 0.1) is 20.9 Å². The van der Waals surface area contributed by atoms with Gasteiger partial charge in [0, 0.05) is 11.9 Å². The van der Waals surface area contributed by atoms with E-state index in [1.54, 1.807) is 23.1 Å². The van der Waals surface area contributed by atoms with Gasteiger partial charge in [0.1, 0.15) is 5.01 Å². The molecule has 0 atom stereocenters. The number of hydrogen-bond acceptors (Lipinski definition) is 4. The molecule has 0 bridgehead atoms. The summed E-state index contributed by atoms with van der Waals surface area (Å²) in [6, 6.07) is 16.7. The molecule has 2 heterocycles. The van der Waals surface area contributed by atoms with Gasteiger partial charge in [-0.25, -0.2) is 4.98 Å². The van der Waals surface area contributed by atoms with Crippen molar-refractivity contribution in [1.29, 1.82) is 0 Å². The molecule has 0 amide bonds. The van der Waals surface area contributed by atoms with Gasteiger partial charge in [-0.05, 0) is 36.4 Å². The lowest BCUT2D eigenvalue weighted by atomic mass is 10.3. The van der Waals surface area contributed by atoms with Crippen LogP contribution in [0.4, 0.5) is 5.69 Å². The maximum absolute atomic E-state index is 4.59. The zero-order valence-electron chi connectivity index (χ0n) is 14.4. The van der Waals surface area contributed by atoms with Crippen LogP contribution in [0.2, 0.25) is 0 Å². The number of nitrogens with zero attached hydrogens (tertiary/aromatic N) is 2. The first-order valence-electron chi connectivity index (χ1n) is 8.39. The average Bonchev–Trinajstić information content (AvgIpc) is 3.22. The second-order valence-corrected chi connectivity index (χ2v) is 7.91. The van der Waals surface area contributed by atoms with E-state index < -0.39 is 0 Å². The second-order valence-electron chi connectivity index (χ2n) is 5.78. The van der Waals surface area contributed by atoms with E-state index in [1.165, 1.54) is 20.3 Å². The molecule has 1 aromatic heterocycles. The van der Waals surface area contributed by atoms with E-state index in [0.717, 1.165) is 10.5 Å². The van der Waals surface area contributed by atoms with E-state index in [1.807, 2.05) is 48.6 Å². The Labute approximate surface area is 161 Å². The Morgan fingerprint density at radius 2 is 1.65 bits per heavy atom. The molecular formula is C22H18N2S2. The quantitative estimate of drug-likeness (QED) is 0.485. The number of rotatable bonds is 4. The molecule has 0 spiro atoms. The van der Waals surface area contributed by atoms with Crippen LogP contribution in [0.1, 0.15) is 5.01 Å². The average molecular weight is 375 g/mol. The molecule has 2 nitrogen and oxygen atoms in total. The Morgan fingerprint density at radius 1 is 0.885 bits per heavy atom. The fourth-order valence-corrected chi connectivity index (χ4v) is 4.64. The number of aromatic nitrogens is 1. The summed E-state index contributed by atoms with van der Waals surface area (Å²) in [7, 11) is 2.11. The van der Waals surface area contributed by atoms with Crippen molar-refractivity contribution in [3.05, 3.63) is 95.0 Å². The monoisotopic (exact) mass is 374 g/mol. The zero-order valence-corrected chi connectivity index (χ0v) is 16.0. The fourth-order valence-electron chi connectivity index (χ4n) is 2.70. The van der Waals surface area contributed by atoms with Gasteiger partial charge in [-0.15, -0.1) is 11.3 Å². The molecule has 0 fully saturated rings. The van der Waals surface area contributed by atoms with Crippen LogP contribution in [0.5, 0.6) is 0 Å². The lowest BCUT2D eigenvalue weighted by Crippen LogP contribution is -2.08. The topological polar surface area (TPSA) is 16.1 Å². The van der Waals surface area contributed by atoms with E-state index >= 15 is 0 Å². The third kappa shape index (κ3) is 3.66. The maximum Gasteiger partial charge on any atom is 0.117 e. The predicted octanol–water partition coefficient (Wildman–Crippen LogP) is 6.51. The molecule has 128 valence electrons. The van der Waals surface area contributed by atoms with Gasteiger partial charge >= 0.3 is 0 Å². The highest BCUT2D eigenvalue weighted by Crippen LogP contribution is 2.44. The number of thiazole rings is 1. The number of anilines is 1. The van der Waals surface area contributed by atoms with Crippen molar-refractivity contribution in [2.45, 2.75) is 4.90 Å². The molecule has 0 saturated heterocycles. The van der Waals surface area contributed by atoms with Gasteiger partial charge in [-0.1, -0.05) is 66.4 Å². The van der Waals surface area contributed by atoms with E-state index in [9.17, 15) is 0 Å². The molecule has 3 aromatic rings. The number of thioether (sulfide) groups is 1. The Balaban J connectivity index is 1.35. The highest BCUT2D eigenvalue weighted by atomic mass is 32.2. The van der Waals surface area contributed by atoms with Crippen molar-refractivity contribution < 1.29 is 0 Å². The molecule has 2 aromatic carbocycles. The van der Waals surface area contributed by atoms with E-state index in [4.69, 9.17) is 0 Å². The van der Waals surface area contributed by atoms with Crippen molar-refractivity contribution in [2.75, 3.05) is 11.9 Å².